The smallest absolute Gasteiger partial charge is 0.172 e. The monoisotopic (exact) mass is 236 g/mol. The van der Waals surface area contributed by atoms with Crippen molar-refractivity contribution < 1.29 is 4.79 Å². The molecule has 88 valence electrons. The number of hydrogen-bond donors (Lipinski definition) is 0. The van der Waals surface area contributed by atoms with Gasteiger partial charge in [0.15, 0.2) is 5.78 Å². The molecule has 0 spiro atoms. The van der Waals surface area contributed by atoms with Crippen LogP contribution < -0.4 is 0 Å². The first-order chi connectivity index (χ1) is 7.65. The molecule has 1 aromatic rings. The molecule has 0 heterocycles. The summed E-state index contributed by atoms with van der Waals surface area (Å²) < 4.78 is 0. The van der Waals surface area contributed by atoms with E-state index >= 15 is 0 Å². The number of Topliss-reactive ketones (excluding diaryl/α,β-unsaturated/α-hetero) is 1. The van der Waals surface area contributed by atoms with E-state index in [0.717, 1.165) is 22.4 Å². The molecular formula is C14H20OS. The predicted molar refractivity (Wildman–Crippen MR) is 72.5 cm³/mol. The zero-order valence-corrected chi connectivity index (χ0v) is 11.2. The summed E-state index contributed by atoms with van der Waals surface area (Å²) in [4.78, 5) is 12.0. The van der Waals surface area contributed by atoms with Crippen molar-refractivity contribution in [1.82, 2.24) is 0 Å². The molecule has 0 aliphatic rings. The maximum atomic E-state index is 12.0. The molecule has 0 atom stereocenters. The lowest BCUT2D eigenvalue weighted by atomic mass is 10.0. The van der Waals surface area contributed by atoms with Crippen molar-refractivity contribution >= 4 is 17.5 Å². The van der Waals surface area contributed by atoms with Crippen molar-refractivity contribution in [3.63, 3.8) is 0 Å². The van der Waals surface area contributed by atoms with Crippen LogP contribution in [0.2, 0.25) is 0 Å². The summed E-state index contributed by atoms with van der Waals surface area (Å²) in [5, 5.41) is 0. The van der Waals surface area contributed by atoms with Crippen LogP contribution in [-0.4, -0.2) is 17.3 Å². The summed E-state index contributed by atoms with van der Waals surface area (Å²) >= 11 is 1.75. The fourth-order valence-corrected chi connectivity index (χ4v) is 2.50. The van der Waals surface area contributed by atoms with Gasteiger partial charge in [0, 0.05) is 5.56 Å². The van der Waals surface area contributed by atoms with Gasteiger partial charge in [-0.05, 0) is 37.7 Å². The minimum absolute atomic E-state index is 0.266. The first-order valence-electron chi connectivity index (χ1n) is 5.83. The fraction of sp³-hybridized carbons (Fsp3) is 0.500. The molecule has 0 aliphatic heterocycles. The van der Waals surface area contributed by atoms with E-state index in [2.05, 4.69) is 13.0 Å². The van der Waals surface area contributed by atoms with Crippen LogP contribution in [0.3, 0.4) is 0 Å². The number of unbranched alkanes of at least 4 members (excludes halogenated alkanes) is 1. The average Bonchev–Trinajstić information content (AvgIpc) is 2.27. The molecule has 0 N–H and O–H groups in total. The van der Waals surface area contributed by atoms with Crippen LogP contribution in [0.4, 0.5) is 0 Å². The molecule has 0 saturated carbocycles. The highest BCUT2D eigenvalue weighted by Gasteiger charge is 2.08. The lowest BCUT2D eigenvalue weighted by molar-refractivity contribution is 0.102. The van der Waals surface area contributed by atoms with E-state index in [-0.39, 0.29) is 5.78 Å². The molecule has 0 bridgehead atoms. The Bertz CT molecular complexity index is 358. The van der Waals surface area contributed by atoms with Crippen molar-refractivity contribution in [3.05, 3.63) is 34.9 Å². The van der Waals surface area contributed by atoms with E-state index < -0.39 is 0 Å². The second-order valence-corrected chi connectivity index (χ2v) is 5.25. The Labute approximate surface area is 103 Å². The van der Waals surface area contributed by atoms with Crippen LogP contribution in [0.1, 0.15) is 41.3 Å². The average molecular weight is 236 g/mol. The molecular weight excluding hydrogens is 216 g/mol. The van der Waals surface area contributed by atoms with Crippen LogP contribution in [0.15, 0.2) is 18.2 Å². The Balaban J connectivity index is 2.55. The highest BCUT2D eigenvalue weighted by molar-refractivity contribution is 7.99. The molecule has 0 aromatic heterocycles. The normalized spacial score (nSPS) is 10.4. The molecule has 0 amide bonds. The third kappa shape index (κ3) is 4.01. The Morgan fingerprint density at radius 1 is 1.31 bits per heavy atom. The highest BCUT2D eigenvalue weighted by Crippen LogP contribution is 2.14. The Morgan fingerprint density at radius 2 is 2.06 bits per heavy atom. The van der Waals surface area contributed by atoms with Crippen molar-refractivity contribution in [2.75, 3.05) is 11.5 Å². The Kier molecular flexibility index (Phi) is 5.61. The molecule has 0 unspecified atom stereocenters. The van der Waals surface area contributed by atoms with Gasteiger partial charge in [-0.25, -0.2) is 0 Å². The maximum Gasteiger partial charge on any atom is 0.172 e. The molecule has 0 fully saturated rings. The Morgan fingerprint density at radius 3 is 2.75 bits per heavy atom. The van der Waals surface area contributed by atoms with Crippen molar-refractivity contribution in [1.29, 1.82) is 0 Å². The van der Waals surface area contributed by atoms with Crippen LogP contribution in [0.25, 0.3) is 0 Å². The number of rotatable bonds is 6. The van der Waals surface area contributed by atoms with E-state index in [1.54, 1.807) is 11.8 Å². The summed E-state index contributed by atoms with van der Waals surface area (Å²) in [7, 11) is 0. The third-order valence-electron chi connectivity index (χ3n) is 2.57. The summed E-state index contributed by atoms with van der Waals surface area (Å²) in [5.41, 5.74) is 3.14. The topological polar surface area (TPSA) is 17.1 Å². The lowest BCUT2D eigenvalue weighted by Gasteiger charge is -2.06. The molecule has 16 heavy (non-hydrogen) atoms. The van der Waals surface area contributed by atoms with Gasteiger partial charge in [0.1, 0.15) is 0 Å². The van der Waals surface area contributed by atoms with Crippen LogP contribution in [0.5, 0.6) is 0 Å². The van der Waals surface area contributed by atoms with E-state index in [0.29, 0.717) is 5.75 Å². The van der Waals surface area contributed by atoms with Crippen molar-refractivity contribution in [2.24, 2.45) is 0 Å². The predicted octanol–water partition coefficient (Wildman–Crippen LogP) is 4.02. The van der Waals surface area contributed by atoms with Gasteiger partial charge < -0.3 is 0 Å². The van der Waals surface area contributed by atoms with Gasteiger partial charge in [-0.2, -0.15) is 11.8 Å². The standard InChI is InChI=1S/C14H20OS/c1-4-5-8-16-10-14(15)13-9-11(2)6-7-12(13)3/h6-7,9H,4-5,8,10H2,1-3H3. The van der Waals surface area contributed by atoms with E-state index in [1.807, 2.05) is 26.0 Å². The Hall–Kier alpha value is -0.760. The molecule has 0 saturated heterocycles. The summed E-state index contributed by atoms with van der Waals surface area (Å²) in [6, 6.07) is 6.08. The molecule has 0 aliphatic carbocycles. The van der Waals surface area contributed by atoms with Crippen molar-refractivity contribution in [3.8, 4) is 0 Å². The number of thioether (sulfide) groups is 1. The quantitative estimate of drug-likeness (QED) is 0.548. The number of carbonyl (C=O) groups excluding carboxylic acids is 1. The molecule has 0 radical (unpaired) electrons. The number of aryl methyl sites for hydroxylation is 2. The van der Waals surface area contributed by atoms with Gasteiger partial charge in [-0.3, -0.25) is 4.79 Å². The minimum Gasteiger partial charge on any atom is -0.293 e. The first-order valence-corrected chi connectivity index (χ1v) is 6.98. The van der Waals surface area contributed by atoms with Crippen LogP contribution in [0, 0.1) is 13.8 Å². The van der Waals surface area contributed by atoms with E-state index in [1.165, 1.54) is 12.8 Å². The van der Waals surface area contributed by atoms with Crippen LogP contribution in [-0.2, 0) is 0 Å². The number of benzene rings is 1. The zero-order chi connectivity index (χ0) is 12.0. The fourth-order valence-electron chi connectivity index (χ4n) is 1.53. The van der Waals surface area contributed by atoms with Gasteiger partial charge in [0.2, 0.25) is 0 Å². The van der Waals surface area contributed by atoms with Crippen LogP contribution >= 0.6 is 11.8 Å². The second kappa shape index (κ2) is 6.74. The molecule has 1 nitrogen and oxygen atoms in total. The number of ketones is 1. The van der Waals surface area contributed by atoms with Gasteiger partial charge in [0.05, 0.1) is 5.75 Å². The third-order valence-corrected chi connectivity index (χ3v) is 3.61. The van der Waals surface area contributed by atoms with Gasteiger partial charge in [0.25, 0.3) is 0 Å². The minimum atomic E-state index is 0.266. The van der Waals surface area contributed by atoms with Crippen molar-refractivity contribution in [2.45, 2.75) is 33.6 Å². The summed E-state index contributed by atoms with van der Waals surface area (Å²) in [5.74, 6) is 1.97. The lowest BCUT2D eigenvalue weighted by Crippen LogP contribution is -2.05. The largest absolute Gasteiger partial charge is 0.293 e. The molecule has 1 rings (SSSR count). The maximum absolute atomic E-state index is 12.0. The first kappa shape index (κ1) is 13.3. The van der Waals surface area contributed by atoms with Gasteiger partial charge in [-0.1, -0.05) is 31.0 Å². The SMILES string of the molecule is CCCCSCC(=O)c1cc(C)ccc1C. The second-order valence-electron chi connectivity index (χ2n) is 4.15. The number of carbonyl (C=O) groups is 1. The van der Waals surface area contributed by atoms with E-state index in [9.17, 15) is 4.79 Å². The van der Waals surface area contributed by atoms with Gasteiger partial charge in [-0.15, -0.1) is 0 Å². The highest BCUT2D eigenvalue weighted by atomic mass is 32.2. The summed E-state index contributed by atoms with van der Waals surface area (Å²) in [6.45, 7) is 6.21. The summed E-state index contributed by atoms with van der Waals surface area (Å²) in [6.07, 6.45) is 2.40. The van der Waals surface area contributed by atoms with E-state index in [4.69, 9.17) is 0 Å². The molecule has 1 aromatic carbocycles. The number of hydrogen-bond acceptors (Lipinski definition) is 2. The van der Waals surface area contributed by atoms with Gasteiger partial charge >= 0.3 is 0 Å². The molecule has 2 heteroatoms. The zero-order valence-electron chi connectivity index (χ0n) is 10.4.